The summed E-state index contributed by atoms with van der Waals surface area (Å²) in [5.41, 5.74) is 2.89. The first-order chi connectivity index (χ1) is 13.8. The molecule has 0 aliphatic heterocycles. The largest absolute Gasteiger partial charge is 0.489 e. The molecular weight excluding hydrogens is 370 g/mol. The van der Waals surface area contributed by atoms with E-state index in [-0.39, 0.29) is 0 Å². The van der Waals surface area contributed by atoms with Crippen LogP contribution < -0.4 is 4.74 Å². The van der Waals surface area contributed by atoms with E-state index < -0.39 is 0 Å². The van der Waals surface area contributed by atoms with Gasteiger partial charge < -0.3 is 4.74 Å². The molecule has 7 heteroatoms. The maximum atomic E-state index is 5.87. The standard InChI is InChI=1S/C21H17N5OS/c28-21-25-24-20(18-9-11-22-12-10-18)26(21)23-14-17-7-4-8-19(13-17)27-15-16-5-2-1-3-6-16/h1-14H,15H2,(H,25,28)/b23-14+. The summed E-state index contributed by atoms with van der Waals surface area (Å²) < 4.78 is 7.87. The fraction of sp³-hybridized carbons (Fsp3) is 0.0476. The molecule has 2 aromatic heterocycles. The van der Waals surface area contributed by atoms with Gasteiger partial charge in [0.2, 0.25) is 4.77 Å². The molecule has 4 aromatic rings. The minimum atomic E-state index is 0.416. The molecule has 0 atom stereocenters. The highest BCUT2D eigenvalue weighted by molar-refractivity contribution is 7.71. The van der Waals surface area contributed by atoms with E-state index in [2.05, 4.69) is 20.3 Å². The number of rotatable bonds is 6. The van der Waals surface area contributed by atoms with Gasteiger partial charge in [0, 0.05) is 18.0 Å². The van der Waals surface area contributed by atoms with E-state index in [0.29, 0.717) is 17.2 Å². The zero-order valence-electron chi connectivity index (χ0n) is 14.9. The smallest absolute Gasteiger partial charge is 0.216 e. The van der Waals surface area contributed by atoms with Crippen molar-refractivity contribution in [3.05, 3.63) is 95.0 Å². The molecule has 0 fully saturated rings. The molecule has 0 saturated heterocycles. The number of pyridine rings is 1. The SMILES string of the molecule is S=c1[nH]nc(-c2ccncc2)n1/N=C/c1cccc(OCc2ccccc2)c1. The van der Waals surface area contributed by atoms with Gasteiger partial charge in [-0.25, -0.2) is 5.10 Å². The van der Waals surface area contributed by atoms with E-state index in [9.17, 15) is 0 Å². The predicted octanol–water partition coefficient (Wildman–Crippen LogP) is 4.46. The summed E-state index contributed by atoms with van der Waals surface area (Å²) in [5.74, 6) is 1.40. The Kier molecular flexibility index (Phi) is 5.35. The topological polar surface area (TPSA) is 68.1 Å². The van der Waals surface area contributed by atoms with Crippen molar-refractivity contribution in [3.63, 3.8) is 0 Å². The van der Waals surface area contributed by atoms with Crippen LogP contribution in [0.15, 0.2) is 84.2 Å². The lowest BCUT2D eigenvalue weighted by molar-refractivity contribution is 0.306. The third kappa shape index (κ3) is 4.21. The van der Waals surface area contributed by atoms with Crippen molar-refractivity contribution < 1.29 is 4.74 Å². The van der Waals surface area contributed by atoms with Gasteiger partial charge >= 0.3 is 0 Å². The van der Waals surface area contributed by atoms with E-state index in [1.54, 1.807) is 23.3 Å². The Morgan fingerprint density at radius 2 is 1.86 bits per heavy atom. The molecule has 2 heterocycles. The van der Waals surface area contributed by atoms with Gasteiger partial charge in [-0.2, -0.15) is 14.9 Å². The molecule has 0 spiro atoms. The van der Waals surface area contributed by atoms with Gasteiger partial charge in [0.05, 0.1) is 6.21 Å². The highest BCUT2D eigenvalue weighted by atomic mass is 32.1. The van der Waals surface area contributed by atoms with Gasteiger partial charge in [0.15, 0.2) is 5.82 Å². The Morgan fingerprint density at radius 3 is 2.68 bits per heavy atom. The average molecular weight is 387 g/mol. The zero-order valence-corrected chi connectivity index (χ0v) is 15.7. The molecule has 0 saturated carbocycles. The molecular formula is C21H17N5OS. The summed E-state index contributed by atoms with van der Waals surface area (Å²) in [6.07, 6.45) is 5.13. The molecule has 0 aliphatic carbocycles. The monoisotopic (exact) mass is 387 g/mol. The maximum absolute atomic E-state index is 5.87. The van der Waals surface area contributed by atoms with Crippen molar-refractivity contribution in [2.45, 2.75) is 6.61 Å². The Labute approximate surface area is 167 Å². The van der Waals surface area contributed by atoms with E-state index >= 15 is 0 Å². The number of nitrogens with one attached hydrogen (secondary N) is 1. The molecule has 28 heavy (non-hydrogen) atoms. The quantitative estimate of drug-likeness (QED) is 0.392. The number of benzene rings is 2. The summed E-state index contributed by atoms with van der Waals surface area (Å²) in [6.45, 7) is 0.514. The molecule has 0 aliphatic rings. The van der Waals surface area contributed by atoms with E-state index in [1.165, 1.54) is 0 Å². The summed E-state index contributed by atoms with van der Waals surface area (Å²) in [4.78, 5) is 4.02. The zero-order chi connectivity index (χ0) is 19.2. The van der Waals surface area contributed by atoms with Crippen LogP contribution in [0.3, 0.4) is 0 Å². The van der Waals surface area contributed by atoms with E-state index in [0.717, 1.165) is 22.4 Å². The number of hydrogen-bond donors (Lipinski definition) is 1. The second-order valence-electron chi connectivity index (χ2n) is 5.99. The first-order valence-corrected chi connectivity index (χ1v) is 9.09. The highest BCUT2D eigenvalue weighted by Gasteiger charge is 2.07. The average Bonchev–Trinajstić information content (AvgIpc) is 3.13. The van der Waals surface area contributed by atoms with Crippen molar-refractivity contribution in [1.29, 1.82) is 0 Å². The number of aromatic amines is 1. The molecule has 1 N–H and O–H groups in total. The number of H-pyrrole nitrogens is 1. The van der Waals surface area contributed by atoms with E-state index in [1.807, 2.05) is 66.7 Å². The van der Waals surface area contributed by atoms with Crippen LogP contribution >= 0.6 is 12.2 Å². The van der Waals surface area contributed by atoms with Crippen LogP contribution in [0.5, 0.6) is 5.75 Å². The summed E-state index contributed by atoms with van der Waals surface area (Å²) in [7, 11) is 0. The lowest BCUT2D eigenvalue weighted by Gasteiger charge is -2.07. The Bertz CT molecular complexity index is 1140. The molecule has 4 rings (SSSR count). The summed E-state index contributed by atoms with van der Waals surface area (Å²) >= 11 is 5.30. The van der Waals surface area contributed by atoms with Gasteiger partial charge in [-0.05, 0) is 47.6 Å². The van der Waals surface area contributed by atoms with Crippen LogP contribution in [0.4, 0.5) is 0 Å². The fourth-order valence-corrected chi connectivity index (χ4v) is 2.82. The molecule has 0 amide bonds. The van der Waals surface area contributed by atoms with Crippen molar-refractivity contribution in [1.82, 2.24) is 19.9 Å². The molecule has 0 bridgehead atoms. The second kappa shape index (κ2) is 8.41. The molecule has 0 unspecified atom stereocenters. The third-order valence-corrected chi connectivity index (χ3v) is 4.28. The first-order valence-electron chi connectivity index (χ1n) is 8.68. The Balaban J connectivity index is 1.53. The number of ether oxygens (including phenoxy) is 1. The van der Waals surface area contributed by atoms with Crippen LogP contribution in [-0.4, -0.2) is 26.1 Å². The normalized spacial score (nSPS) is 11.0. The summed E-state index contributed by atoms with van der Waals surface area (Å²) in [5, 5.41) is 11.5. The summed E-state index contributed by atoms with van der Waals surface area (Å²) in [6, 6.07) is 21.5. The number of aromatic nitrogens is 4. The second-order valence-corrected chi connectivity index (χ2v) is 6.38. The van der Waals surface area contributed by atoms with Gasteiger partial charge in [-0.1, -0.05) is 42.5 Å². The van der Waals surface area contributed by atoms with Crippen LogP contribution in [0.2, 0.25) is 0 Å². The van der Waals surface area contributed by atoms with Crippen molar-refractivity contribution >= 4 is 18.4 Å². The van der Waals surface area contributed by atoms with Crippen molar-refractivity contribution in [3.8, 4) is 17.1 Å². The minimum Gasteiger partial charge on any atom is -0.489 e. The first kappa shape index (κ1) is 17.8. The maximum Gasteiger partial charge on any atom is 0.216 e. The fourth-order valence-electron chi connectivity index (χ4n) is 2.64. The van der Waals surface area contributed by atoms with Gasteiger partial charge in [-0.15, -0.1) is 0 Å². The van der Waals surface area contributed by atoms with Gasteiger partial charge in [-0.3, -0.25) is 4.98 Å². The Morgan fingerprint density at radius 1 is 1.04 bits per heavy atom. The van der Waals surface area contributed by atoms with Gasteiger partial charge in [0.25, 0.3) is 0 Å². The highest BCUT2D eigenvalue weighted by Crippen LogP contribution is 2.17. The molecule has 138 valence electrons. The third-order valence-electron chi connectivity index (χ3n) is 4.02. The lowest BCUT2D eigenvalue weighted by atomic mass is 10.2. The predicted molar refractivity (Wildman–Crippen MR) is 111 cm³/mol. The van der Waals surface area contributed by atoms with Crippen molar-refractivity contribution in [2.75, 3.05) is 0 Å². The minimum absolute atomic E-state index is 0.416. The molecule has 6 nitrogen and oxygen atoms in total. The van der Waals surface area contributed by atoms with Gasteiger partial charge in [0.1, 0.15) is 12.4 Å². The number of nitrogens with zero attached hydrogens (tertiary/aromatic N) is 4. The van der Waals surface area contributed by atoms with Crippen LogP contribution in [0.1, 0.15) is 11.1 Å². The lowest BCUT2D eigenvalue weighted by Crippen LogP contribution is -1.97. The molecule has 2 aromatic carbocycles. The van der Waals surface area contributed by atoms with Crippen molar-refractivity contribution in [2.24, 2.45) is 5.10 Å². The van der Waals surface area contributed by atoms with Crippen LogP contribution in [0, 0.1) is 4.77 Å². The molecule has 0 radical (unpaired) electrons. The van der Waals surface area contributed by atoms with Crippen LogP contribution in [0.25, 0.3) is 11.4 Å². The van der Waals surface area contributed by atoms with E-state index in [4.69, 9.17) is 17.0 Å². The Hall–Kier alpha value is -3.58. The van der Waals surface area contributed by atoms with Crippen LogP contribution in [-0.2, 0) is 6.61 Å². The number of hydrogen-bond acceptors (Lipinski definition) is 5.